The van der Waals surface area contributed by atoms with Crippen molar-refractivity contribution in [2.75, 3.05) is 5.32 Å². The first-order chi connectivity index (χ1) is 15.9. The van der Waals surface area contributed by atoms with Gasteiger partial charge in [-0.1, -0.05) is 29.3 Å². The zero-order chi connectivity index (χ0) is 23.1. The molecule has 6 nitrogen and oxygen atoms in total. The third kappa shape index (κ3) is 4.08. The van der Waals surface area contributed by atoms with Gasteiger partial charge in [0, 0.05) is 11.3 Å². The highest BCUT2D eigenvalue weighted by molar-refractivity contribution is 6.43. The van der Waals surface area contributed by atoms with Crippen LogP contribution in [-0.2, 0) is 0 Å². The summed E-state index contributed by atoms with van der Waals surface area (Å²) in [7, 11) is 0. The Bertz CT molecular complexity index is 1510. The molecular weight excluding hydrogens is 466 g/mol. The SMILES string of the molecule is Cc1cc2nn(-c3ccc(F)cc3)nc2cc1NC(=O)c1ccc(-c2cccc(Cl)c2Cl)o1. The largest absolute Gasteiger partial charge is 0.451 e. The van der Waals surface area contributed by atoms with Crippen LogP contribution >= 0.6 is 23.2 Å². The number of rotatable bonds is 4. The molecule has 9 heteroatoms. The van der Waals surface area contributed by atoms with E-state index < -0.39 is 5.91 Å². The van der Waals surface area contributed by atoms with Gasteiger partial charge in [-0.3, -0.25) is 4.79 Å². The van der Waals surface area contributed by atoms with Crippen molar-refractivity contribution in [1.82, 2.24) is 15.0 Å². The molecule has 0 aliphatic heterocycles. The summed E-state index contributed by atoms with van der Waals surface area (Å²) in [6, 6.07) is 17.8. The Kier molecular flexibility index (Phi) is 5.36. The number of nitrogens with zero attached hydrogens (tertiary/aromatic N) is 3. The van der Waals surface area contributed by atoms with Gasteiger partial charge in [0.1, 0.15) is 22.6 Å². The Morgan fingerprint density at radius 1 is 1.00 bits per heavy atom. The standard InChI is InChI=1S/C24H15Cl2FN4O2/c1-13-11-19-20(30-31(29-19)15-7-5-14(27)6-8-15)12-18(13)28-24(32)22-10-9-21(33-22)16-3-2-4-17(25)23(16)26/h2-12H,1H3,(H,28,32). The van der Waals surface area contributed by atoms with Crippen LogP contribution in [-0.4, -0.2) is 20.9 Å². The molecule has 2 aromatic heterocycles. The lowest BCUT2D eigenvalue weighted by Gasteiger charge is -2.07. The summed E-state index contributed by atoms with van der Waals surface area (Å²) in [4.78, 5) is 14.2. The molecule has 0 aliphatic rings. The molecule has 0 atom stereocenters. The van der Waals surface area contributed by atoms with Crippen molar-refractivity contribution in [2.24, 2.45) is 0 Å². The maximum Gasteiger partial charge on any atom is 0.291 e. The fraction of sp³-hybridized carbons (Fsp3) is 0.0417. The topological polar surface area (TPSA) is 73.0 Å². The number of amides is 1. The van der Waals surface area contributed by atoms with E-state index in [1.54, 1.807) is 48.5 Å². The van der Waals surface area contributed by atoms with E-state index in [2.05, 4.69) is 15.5 Å². The molecule has 0 unspecified atom stereocenters. The van der Waals surface area contributed by atoms with Crippen LogP contribution in [0, 0.1) is 12.7 Å². The first-order valence-corrected chi connectivity index (χ1v) is 10.6. The highest BCUT2D eigenvalue weighted by atomic mass is 35.5. The normalized spacial score (nSPS) is 11.2. The summed E-state index contributed by atoms with van der Waals surface area (Å²) in [6.45, 7) is 1.85. The summed E-state index contributed by atoms with van der Waals surface area (Å²) < 4.78 is 18.9. The van der Waals surface area contributed by atoms with Crippen molar-refractivity contribution in [3.05, 3.63) is 93.9 Å². The lowest BCUT2D eigenvalue weighted by Crippen LogP contribution is -2.11. The summed E-state index contributed by atoms with van der Waals surface area (Å²) in [5.74, 6) is -0.208. The molecule has 0 bridgehead atoms. The first-order valence-electron chi connectivity index (χ1n) is 9.88. The van der Waals surface area contributed by atoms with Gasteiger partial charge in [0.15, 0.2) is 5.76 Å². The van der Waals surface area contributed by atoms with E-state index >= 15 is 0 Å². The van der Waals surface area contributed by atoms with Gasteiger partial charge in [0.2, 0.25) is 0 Å². The highest BCUT2D eigenvalue weighted by Gasteiger charge is 2.17. The van der Waals surface area contributed by atoms with Crippen LogP contribution in [0.4, 0.5) is 10.1 Å². The van der Waals surface area contributed by atoms with Crippen LogP contribution < -0.4 is 5.32 Å². The molecule has 0 spiro atoms. The number of furan rings is 1. The fourth-order valence-electron chi connectivity index (χ4n) is 3.38. The van der Waals surface area contributed by atoms with Crippen molar-refractivity contribution in [2.45, 2.75) is 6.92 Å². The lowest BCUT2D eigenvalue weighted by molar-refractivity contribution is 0.0997. The molecule has 3 aromatic carbocycles. The number of carbonyl (C=O) groups excluding carboxylic acids is 1. The summed E-state index contributed by atoms with van der Waals surface area (Å²) in [5.41, 5.74) is 3.80. The Morgan fingerprint density at radius 3 is 2.48 bits per heavy atom. The molecule has 1 amide bonds. The second-order valence-corrected chi connectivity index (χ2v) is 8.13. The number of anilines is 1. The predicted octanol–water partition coefficient (Wildman–Crippen LogP) is 6.69. The molecule has 0 radical (unpaired) electrons. The van der Waals surface area contributed by atoms with E-state index in [4.69, 9.17) is 27.6 Å². The van der Waals surface area contributed by atoms with Crippen molar-refractivity contribution < 1.29 is 13.6 Å². The van der Waals surface area contributed by atoms with Crippen LogP contribution in [0.25, 0.3) is 28.0 Å². The molecule has 1 N–H and O–H groups in total. The average Bonchev–Trinajstić information content (AvgIpc) is 3.44. The van der Waals surface area contributed by atoms with Crippen LogP contribution in [0.3, 0.4) is 0 Å². The zero-order valence-electron chi connectivity index (χ0n) is 17.1. The van der Waals surface area contributed by atoms with Crippen LogP contribution in [0.15, 0.2) is 71.1 Å². The minimum atomic E-state index is -0.423. The number of carbonyl (C=O) groups is 1. The Hall–Kier alpha value is -3.68. The number of benzene rings is 3. The molecule has 0 saturated heterocycles. The maximum absolute atomic E-state index is 13.2. The van der Waals surface area contributed by atoms with Gasteiger partial charge < -0.3 is 9.73 Å². The smallest absolute Gasteiger partial charge is 0.291 e. The molecule has 33 heavy (non-hydrogen) atoms. The van der Waals surface area contributed by atoms with Gasteiger partial charge in [-0.25, -0.2) is 4.39 Å². The Balaban J connectivity index is 1.41. The molecule has 0 fully saturated rings. The number of aromatic nitrogens is 3. The van der Waals surface area contributed by atoms with Gasteiger partial charge in [0.25, 0.3) is 5.91 Å². The minimum Gasteiger partial charge on any atom is -0.451 e. The monoisotopic (exact) mass is 480 g/mol. The predicted molar refractivity (Wildman–Crippen MR) is 126 cm³/mol. The van der Waals surface area contributed by atoms with E-state index in [0.717, 1.165) is 5.56 Å². The van der Waals surface area contributed by atoms with E-state index in [-0.39, 0.29) is 11.6 Å². The molecule has 164 valence electrons. The van der Waals surface area contributed by atoms with E-state index in [1.807, 2.05) is 13.0 Å². The average molecular weight is 481 g/mol. The summed E-state index contributed by atoms with van der Waals surface area (Å²) in [5, 5.41) is 12.5. The van der Waals surface area contributed by atoms with Crippen molar-refractivity contribution >= 4 is 45.8 Å². The second-order valence-electron chi connectivity index (χ2n) is 7.34. The number of aryl methyl sites for hydroxylation is 1. The van der Waals surface area contributed by atoms with Crippen molar-refractivity contribution in [3.63, 3.8) is 0 Å². The third-order valence-electron chi connectivity index (χ3n) is 5.08. The minimum absolute atomic E-state index is 0.121. The third-order valence-corrected chi connectivity index (χ3v) is 5.90. The van der Waals surface area contributed by atoms with Gasteiger partial charge in [-0.2, -0.15) is 4.80 Å². The van der Waals surface area contributed by atoms with E-state index in [1.165, 1.54) is 16.9 Å². The molecule has 0 saturated carbocycles. The van der Waals surface area contributed by atoms with Gasteiger partial charge >= 0.3 is 0 Å². The van der Waals surface area contributed by atoms with Crippen molar-refractivity contribution in [3.8, 4) is 17.0 Å². The molecule has 5 aromatic rings. The lowest BCUT2D eigenvalue weighted by atomic mass is 10.1. The van der Waals surface area contributed by atoms with Gasteiger partial charge in [-0.05, 0) is 73.2 Å². The number of fused-ring (bicyclic) bond motifs is 1. The summed E-state index contributed by atoms with van der Waals surface area (Å²) >= 11 is 12.3. The second kappa shape index (κ2) is 8.35. The number of halogens is 3. The Morgan fingerprint density at radius 2 is 1.73 bits per heavy atom. The van der Waals surface area contributed by atoms with Gasteiger partial charge in [-0.15, -0.1) is 10.2 Å². The van der Waals surface area contributed by atoms with Crippen LogP contribution in [0.5, 0.6) is 0 Å². The quantitative estimate of drug-likeness (QED) is 0.311. The summed E-state index contributed by atoms with van der Waals surface area (Å²) in [6.07, 6.45) is 0. The van der Waals surface area contributed by atoms with Gasteiger partial charge in [0.05, 0.1) is 15.7 Å². The molecule has 0 aliphatic carbocycles. The number of hydrogen-bond donors (Lipinski definition) is 1. The first kappa shape index (κ1) is 21.2. The van der Waals surface area contributed by atoms with E-state index in [9.17, 15) is 9.18 Å². The number of nitrogens with one attached hydrogen (secondary N) is 1. The fourth-order valence-corrected chi connectivity index (χ4v) is 3.77. The molecule has 2 heterocycles. The van der Waals surface area contributed by atoms with Crippen LogP contribution in [0.1, 0.15) is 16.1 Å². The number of hydrogen-bond acceptors (Lipinski definition) is 4. The van der Waals surface area contributed by atoms with E-state index in [0.29, 0.717) is 43.8 Å². The zero-order valence-corrected chi connectivity index (χ0v) is 18.7. The molecule has 5 rings (SSSR count). The maximum atomic E-state index is 13.2. The Labute approximate surface area is 197 Å². The molecular formula is C24H15Cl2FN4O2. The van der Waals surface area contributed by atoms with Crippen molar-refractivity contribution in [1.29, 1.82) is 0 Å². The highest BCUT2D eigenvalue weighted by Crippen LogP contribution is 2.34. The van der Waals surface area contributed by atoms with Crippen LogP contribution in [0.2, 0.25) is 10.0 Å².